The van der Waals surface area contributed by atoms with Crippen LogP contribution in [-0.2, 0) is 4.79 Å². The summed E-state index contributed by atoms with van der Waals surface area (Å²) in [5, 5.41) is 9.14. The first-order valence-corrected chi connectivity index (χ1v) is 6.30. The zero-order chi connectivity index (χ0) is 14.0. The third-order valence-electron chi connectivity index (χ3n) is 3.47. The Labute approximate surface area is 110 Å². The number of piperidine rings is 1. The molecule has 1 unspecified atom stereocenters. The second kappa shape index (κ2) is 5.38. The number of halogens is 1. The van der Waals surface area contributed by atoms with E-state index in [1.165, 1.54) is 23.1 Å². The van der Waals surface area contributed by atoms with Crippen molar-refractivity contribution in [1.29, 1.82) is 0 Å². The molecule has 0 bridgehead atoms. The molecule has 1 saturated heterocycles. The maximum absolute atomic E-state index is 13.5. The smallest absolute Gasteiger partial charge is 0.326 e. The Hall–Kier alpha value is -1.91. The van der Waals surface area contributed by atoms with E-state index in [0.717, 1.165) is 12.8 Å². The van der Waals surface area contributed by atoms with Gasteiger partial charge in [0, 0.05) is 12.1 Å². The standard InChI is InChI=1S/C14H16FNO3/c1-9-5-6-10(8-11(9)15)13(17)16-7-3-2-4-12(16)14(18)19/h5-6,8,12H,2-4,7H2,1H3,(H,18,19). The Morgan fingerprint density at radius 2 is 2.11 bits per heavy atom. The van der Waals surface area contributed by atoms with E-state index in [0.29, 0.717) is 18.5 Å². The number of carbonyl (C=O) groups excluding carboxylic acids is 1. The summed E-state index contributed by atoms with van der Waals surface area (Å²) < 4.78 is 13.5. The molecule has 1 aromatic carbocycles. The minimum absolute atomic E-state index is 0.205. The van der Waals surface area contributed by atoms with Crippen LogP contribution in [0.2, 0.25) is 0 Å². The molecule has 1 N–H and O–H groups in total. The van der Waals surface area contributed by atoms with Gasteiger partial charge in [0.15, 0.2) is 0 Å². The summed E-state index contributed by atoms with van der Waals surface area (Å²) in [6, 6.07) is 3.44. The molecule has 0 spiro atoms. The first kappa shape index (κ1) is 13.5. The number of aliphatic carboxylic acids is 1. The van der Waals surface area contributed by atoms with Gasteiger partial charge in [0.1, 0.15) is 11.9 Å². The van der Waals surface area contributed by atoms with E-state index >= 15 is 0 Å². The highest BCUT2D eigenvalue weighted by atomic mass is 19.1. The molecule has 5 heteroatoms. The number of likely N-dealkylation sites (tertiary alicyclic amines) is 1. The first-order chi connectivity index (χ1) is 9.00. The molecule has 1 aliphatic heterocycles. The summed E-state index contributed by atoms with van der Waals surface area (Å²) >= 11 is 0. The van der Waals surface area contributed by atoms with Crippen LogP contribution in [0.5, 0.6) is 0 Å². The van der Waals surface area contributed by atoms with E-state index in [-0.39, 0.29) is 5.56 Å². The lowest BCUT2D eigenvalue weighted by Crippen LogP contribution is -2.48. The number of carboxylic acid groups (broad SMARTS) is 1. The van der Waals surface area contributed by atoms with Crippen molar-refractivity contribution in [1.82, 2.24) is 4.90 Å². The van der Waals surface area contributed by atoms with Crippen molar-refractivity contribution < 1.29 is 19.1 Å². The Kier molecular flexibility index (Phi) is 3.83. The van der Waals surface area contributed by atoms with Crippen LogP contribution >= 0.6 is 0 Å². The number of hydrogen-bond acceptors (Lipinski definition) is 2. The Balaban J connectivity index is 2.26. The molecule has 102 valence electrons. The molecule has 19 heavy (non-hydrogen) atoms. The molecule has 2 rings (SSSR count). The summed E-state index contributed by atoms with van der Waals surface area (Å²) in [5.41, 5.74) is 0.668. The minimum Gasteiger partial charge on any atom is -0.480 e. The van der Waals surface area contributed by atoms with Crippen LogP contribution in [0.1, 0.15) is 35.2 Å². The topological polar surface area (TPSA) is 57.6 Å². The van der Waals surface area contributed by atoms with Crippen LogP contribution in [0.3, 0.4) is 0 Å². The van der Waals surface area contributed by atoms with Gasteiger partial charge in [0.2, 0.25) is 0 Å². The second-order valence-electron chi connectivity index (χ2n) is 4.81. The van der Waals surface area contributed by atoms with Gasteiger partial charge in [-0.2, -0.15) is 0 Å². The molecular weight excluding hydrogens is 249 g/mol. The van der Waals surface area contributed by atoms with E-state index < -0.39 is 23.7 Å². The minimum atomic E-state index is -0.999. The van der Waals surface area contributed by atoms with E-state index in [9.17, 15) is 14.0 Å². The van der Waals surface area contributed by atoms with E-state index in [1.54, 1.807) is 6.92 Å². The third kappa shape index (κ3) is 2.75. The normalized spacial score (nSPS) is 19.3. The van der Waals surface area contributed by atoms with Crippen LogP contribution < -0.4 is 0 Å². The van der Waals surface area contributed by atoms with Gasteiger partial charge in [-0.1, -0.05) is 6.07 Å². The van der Waals surface area contributed by atoms with Gasteiger partial charge in [0.25, 0.3) is 5.91 Å². The third-order valence-corrected chi connectivity index (χ3v) is 3.47. The molecule has 0 aromatic heterocycles. The molecule has 1 aromatic rings. The number of rotatable bonds is 2. The Morgan fingerprint density at radius 1 is 1.37 bits per heavy atom. The SMILES string of the molecule is Cc1ccc(C(=O)N2CCCCC2C(=O)O)cc1F. The largest absolute Gasteiger partial charge is 0.480 e. The predicted octanol–water partition coefficient (Wildman–Crippen LogP) is 2.21. The maximum Gasteiger partial charge on any atom is 0.326 e. The molecule has 1 fully saturated rings. The van der Waals surface area contributed by atoms with Crippen molar-refractivity contribution in [2.75, 3.05) is 6.54 Å². The van der Waals surface area contributed by atoms with Crippen molar-refractivity contribution in [2.45, 2.75) is 32.2 Å². The maximum atomic E-state index is 13.5. The fraction of sp³-hybridized carbons (Fsp3) is 0.429. The van der Waals surface area contributed by atoms with Crippen LogP contribution in [0, 0.1) is 12.7 Å². The van der Waals surface area contributed by atoms with Crippen LogP contribution in [-0.4, -0.2) is 34.5 Å². The number of carbonyl (C=O) groups is 2. The fourth-order valence-electron chi connectivity index (χ4n) is 2.32. The predicted molar refractivity (Wildman–Crippen MR) is 67.4 cm³/mol. The highest BCUT2D eigenvalue weighted by molar-refractivity contribution is 5.96. The Morgan fingerprint density at radius 3 is 2.74 bits per heavy atom. The Bertz CT molecular complexity index is 515. The fourth-order valence-corrected chi connectivity index (χ4v) is 2.32. The van der Waals surface area contributed by atoms with Crippen LogP contribution in [0.25, 0.3) is 0 Å². The first-order valence-electron chi connectivity index (χ1n) is 6.30. The number of hydrogen-bond donors (Lipinski definition) is 1. The quantitative estimate of drug-likeness (QED) is 0.892. The lowest BCUT2D eigenvalue weighted by atomic mass is 10.0. The number of aryl methyl sites for hydroxylation is 1. The molecule has 1 atom stereocenters. The van der Waals surface area contributed by atoms with Gasteiger partial charge in [-0.05, 0) is 43.9 Å². The molecule has 0 saturated carbocycles. The monoisotopic (exact) mass is 265 g/mol. The lowest BCUT2D eigenvalue weighted by molar-refractivity contribution is -0.143. The summed E-state index contributed by atoms with van der Waals surface area (Å²) in [4.78, 5) is 24.8. The highest BCUT2D eigenvalue weighted by Gasteiger charge is 2.32. The number of nitrogens with zero attached hydrogens (tertiary/aromatic N) is 1. The average Bonchev–Trinajstić information content (AvgIpc) is 2.41. The van der Waals surface area contributed by atoms with Gasteiger partial charge < -0.3 is 10.0 Å². The van der Waals surface area contributed by atoms with Gasteiger partial charge in [0.05, 0.1) is 0 Å². The zero-order valence-electron chi connectivity index (χ0n) is 10.7. The van der Waals surface area contributed by atoms with Crippen LogP contribution in [0.4, 0.5) is 4.39 Å². The molecule has 4 nitrogen and oxygen atoms in total. The highest BCUT2D eigenvalue weighted by Crippen LogP contribution is 2.20. The number of benzene rings is 1. The van der Waals surface area contributed by atoms with Crippen molar-refractivity contribution in [3.05, 3.63) is 35.1 Å². The van der Waals surface area contributed by atoms with Gasteiger partial charge in [-0.25, -0.2) is 9.18 Å². The second-order valence-corrected chi connectivity index (χ2v) is 4.81. The molecule has 0 radical (unpaired) electrons. The molecule has 0 aliphatic carbocycles. The van der Waals surface area contributed by atoms with Crippen molar-refractivity contribution >= 4 is 11.9 Å². The number of amides is 1. The molecule has 1 aliphatic rings. The van der Waals surface area contributed by atoms with Gasteiger partial charge >= 0.3 is 5.97 Å². The summed E-state index contributed by atoms with van der Waals surface area (Å²) in [7, 11) is 0. The zero-order valence-corrected chi connectivity index (χ0v) is 10.7. The number of carboxylic acids is 1. The average molecular weight is 265 g/mol. The van der Waals surface area contributed by atoms with Crippen molar-refractivity contribution in [3.63, 3.8) is 0 Å². The summed E-state index contributed by atoms with van der Waals surface area (Å²) in [5.74, 6) is -1.86. The van der Waals surface area contributed by atoms with E-state index in [4.69, 9.17) is 5.11 Å². The molecule has 1 heterocycles. The lowest BCUT2D eigenvalue weighted by Gasteiger charge is -2.33. The molecular formula is C14H16FNO3. The summed E-state index contributed by atoms with van der Waals surface area (Å²) in [6.07, 6.45) is 2.03. The van der Waals surface area contributed by atoms with Gasteiger partial charge in [-0.15, -0.1) is 0 Å². The van der Waals surface area contributed by atoms with Gasteiger partial charge in [-0.3, -0.25) is 4.79 Å². The van der Waals surface area contributed by atoms with Crippen LogP contribution in [0.15, 0.2) is 18.2 Å². The van der Waals surface area contributed by atoms with E-state index in [1.807, 2.05) is 0 Å². The molecule has 1 amide bonds. The van der Waals surface area contributed by atoms with E-state index in [2.05, 4.69) is 0 Å². The summed E-state index contributed by atoms with van der Waals surface area (Å²) in [6.45, 7) is 2.02. The van der Waals surface area contributed by atoms with Crippen molar-refractivity contribution in [3.8, 4) is 0 Å². The van der Waals surface area contributed by atoms with Crippen molar-refractivity contribution in [2.24, 2.45) is 0 Å².